The van der Waals surface area contributed by atoms with Crippen LogP contribution in [-0.4, -0.2) is 35.0 Å². The molecule has 0 saturated heterocycles. The van der Waals surface area contributed by atoms with Crippen molar-refractivity contribution in [2.45, 2.75) is 30.5 Å². The van der Waals surface area contributed by atoms with Crippen molar-refractivity contribution in [1.29, 1.82) is 0 Å². The number of thioether (sulfide) groups is 1. The summed E-state index contributed by atoms with van der Waals surface area (Å²) in [4.78, 5) is 14.7. The topological polar surface area (TPSA) is 59.4 Å². The fourth-order valence-corrected chi connectivity index (χ4v) is 2.89. The number of hydrogen-bond acceptors (Lipinski definition) is 5. The second-order valence-electron chi connectivity index (χ2n) is 3.49. The molecule has 0 unspecified atom stereocenters. The molecule has 17 heavy (non-hydrogen) atoms. The summed E-state index contributed by atoms with van der Waals surface area (Å²) in [5, 5.41) is 10.4. The van der Waals surface area contributed by atoms with E-state index in [1.807, 2.05) is 0 Å². The zero-order valence-electron chi connectivity index (χ0n) is 9.85. The Hall–Kier alpha value is -0.590. The Morgan fingerprint density at radius 1 is 1.59 bits per heavy atom. The van der Waals surface area contributed by atoms with Crippen LogP contribution < -0.4 is 0 Å². The third-order valence-electron chi connectivity index (χ3n) is 1.96. The van der Waals surface area contributed by atoms with Gasteiger partial charge in [-0.3, -0.25) is 4.79 Å². The van der Waals surface area contributed by atoms with Crippen LogP contribution in [0.15, 0.2) is 9.72 Å². The molecule has 1 N–H and O–H groups in total. The normalized spacial score (nSPS) is 10.6. The van der Waals surface area contributed by atoms with Crippen molar-refractivity contribution >= 4 is 29.1 Å². The van der Waals surface area contributed by atoms with Gasteiger partial charge in [-0.15, -0.1) is 11.3 Å². The average Bonchev–Trinajstić information content (AvgIpc) is 2.70. The van der Waals surface area contributed by atoms with Crippen molar-refractivity contribution in [3.63, 3.8) is 0 Å². The van der Waals surface area contributed by atoms with E-state index in [0.717, 1.165) is 36.1 Å². The summed E-state index contributed by atoms with van der Waals surface area (Å²) in [5.74, 6) is 0.0266. The van der Waals surface area contributed by atoms with Crippen LogP contribution in [-0.2, 0) is 16.0 Å². The molecule has 0 atom stereocenters. The van der Waals surface area contributed by atoms with E-state index in [-0.39, 0.29) is 6.42 Å². The van der Waals surface area contributed by atoms with Gasteiger partial charge in [-0.1, -0.05) is 25.1 Å². The van der Waals surface area contributed by atoms with Crippen LogP contribution in [0.4, 0.5) is 0 Å². The number of thiazole rings is 1. The van der Waals surface area contributed by atoms with E-state index < -0.39 is 5.97 Å². The number of aromatic nitrogens is 1. The molecule has 96 valence electrons. The van der Waals surface area contributed by atoms with Gasteiger partial charge in [0.15, 0.2) is 0 Å². The smallest absolute Gasteiger partial charge is 0.309 e. The Kier molecular flexibility index (Phi) is 7.23. The maximum Gasteiger partial charge on any atom is 0.309 e. The highest BCUT2D eigenvalue weighted by molar-refractivity contribution is 8.01. The molecule has 1 heterocycles. The Morgan fingerprint density at radius 2 is 2.41 bits per heavy atom. The molecule has 0 aromatic carbocycles. The predicted molar refractivity (Wildman–Crippen MR) is 69.9 cm³/mol. The molecule has 0 amide bonds. The van der Waals surface area contributed by atoms with E-state index in [2.05, 4.69) is 11.9 Å². The number of nitrogens with zero attached hydrogens (tertiary/aromatic N) is 1. The molecule has 4 nitrogen and oxygen atoms in total. The lowest BCUT2D eigenvalue weighted by molar-refractivity contribution is -0.136. The molecule has 1 rings (SSSR count). The van der Waals surface area contributed by atoms with Gasteiger partial charge in [0.1, 0.15) is 4.34 Å². The highest BCUT2D eigenvalue weighted by atomic mass is 32.2. The Bertz CT molecular complexity index is 341. The monoisotopic (exact) mass is 275 g/mol. The molecule has 0 bridgehead atoms. The summed E-state index contributed by atoms with van der Waals surface area (Å²) in [6, 6.07) is 0. The van der Waals surface area contributed by atoms with Crippen LogP contribution in [0.25, 0.3) is 0 Å². The second kappa shape index (κ2) is 8.49. The second-order valence-corrected chi connectivity index (χ2v) is 5.69. The summed E-state index contributed by atoms with van der Waals surface area (Å²) >= 11 is 3.11. The zero-order valence-corrected chi connectivity index (χ0v) is 11.5. The number of ether oxygens (including phenoxy) is 1. The van der Waals surface area contributed by atoms with Gasteiger partial charge in [0.25, 0.3) is 0 Å². The van der Waals surface area contributed by atoms with Crippen molar-refractivity contribution in [2.75, 3.05) is 19.0 Å². The molecule has 6 heteroatoms. The van der Waals surface area contributed by atoms with Crippen LogP contribution in [0, 0.1) is 0 Å². The number of carboxylic acids is 1. The van der Waals surface area contributed by atoms with Crippen LogP contribution in [0.5, 0.6) is 0 Å². The predicted octanol–water partition coefficient (Wildman–Crippen LogP) is 2.68. The molecule has 0 aliphatic carbocycles. The van der Waals surface area contributed by atoms with Gasteiger partial charge < -0.3 is 9.84 Å². The molecular weight excluding hydrogens is 258 g/mol. The van der Waals surface area contributed by atoms with Crippen molar-refractivity contribution in [3.8, 4) is 0 Å². The molecule has 0 fully saturated rings. The van der Waals surface area contributed by atoms with Gasteiger partial charge in [-0.05, 0) is 6.42 Å². The number of aliphatic carboxylic acids is 1. The summed E-state index contributed by atoms with van der Waals surface area (Å²) in [6.45, 7) is 3.68. The van der Waals surface area contributed by atoms with E-state index in [0.29, 0.717) is 5.69 Å². The number of unbranched alkanes of at least 4 members (excludes halogenated alkanes) is 1. The van der Waals surface area contributed by atoms with Gasteiger partial charge in [0, 0.05) is 17.7 Å². The number of carboxylic acid groups (broad SMARTS) is 1. The molecule has 0 radical (unpaired) electrons. The van der Waals surface area contributed by atoms with Gasteiger partial charge in [0.2, 0.25) is 0 Å². The quantitative estimate of drug-likeness (QED) is 0.554. The third kappa shape index (κ3) is 6.65. The zero-order chi connectivity index (χ0) is 12.5. The van der Waals surface area contributed by atoms with Crippen molar-refractivity contribution < 1.29 is 14.6 Å². The van der Waals surface area contributed by atoms with Crippen LogP contribution in [0.2, 0.25) is 0 Å². The van der Waals surface area contributed by atoms with Gasteiger partial charge in [0.05, 0.1) is 18.7 Å². The average molecular weight is 275 g/mol. The Morgan fingerprint density at radius 3 is 3.12 bits per heavy atom. The standard InChI is InChI=1S/C11H17NO3S2/c1-2-3-4-15-5-6-16-11-12-9(8-17-11)7-10(13)14/h8H,2-7H2,1H3,(H,13,14). The first-order valence-electron chi connectivity index (χ1n) is 5.59. The maximum absolute atomic E-state index is 10.5. The van der Waals surface area contributed by atoms with Crippen LogP contribution in [0.1, 0.15) is 25.5 Å². The summed E-state index contributed by atoms with van der Waals surface area (Å²) in [5.41, 5.74) is 0.636. The summed E-state index contributed by atoms with van der Waals surface area (Å²) < 4.78 is 6.35. The van der Waals surface area contributed by atoms with E-state index in [1.54, 1.807) is 17.1 Å². The lowest BCUT2D eigenvalue weighted by Crippen LogP contribution is -2.00. The lowest BCUT2D eigenvalue weighted by atomic mass is 10.3. The first-order valence-corrected chi connectivity index (χ1v) is 7.45. The fraction of sp³-hybridized carbons (Fsp3) is 0.636. The summed E-state index contributed by atoms with van der Waals surface area (Å²) in [6.07, 6.45) is 2.26. The van der Waals surface area contributed by atoms with E-state index in [1.165, 1.54) is 11.3 Å². The molecule has 0 aliphatic heterocycles. The Labute approximate surface area is 109 Å². The first kappa shape index (κ1) is 14.5. The minimum absolute atomic E-state index is 0.00403. The van der Waals surface area contributed by atoms with Crippen LogP contribution >= 0.6 is 23.1 Å². The largest absolute Gasteiger partial charge is 0.481 e. The van der Waals surface area contributed by atoms with Crippen LogP contribution in [0.3, 0.4) is 0 Å². The van der Waals surface area contributed by atoms with E-state index in [9.17, 15) is 4.79 Å². The van der Waals surface area contributed by atoms with E-state index in [4.69, 9.17) is 9.84 Å². The minimum Gasteiger partial charge on any atom is -0.481 e. The SMILES string of the molecule is CCCCOCCSc1nc(CC(=O)O)cs1. The fourth-order valence-electron chi connectivity index (χ4n) is 1.13. The number of rotatable bonds is 9. The van der Waals surface area contributed by atoms with Gasteiger partial charge >= 0.3 is 5.97 Å². The van der Waals surface area contributed by atoms with Crippen molar-refractivity contribution in [2.24, 2.45) is 0 Å². The maximum atomic E-state index is 10.5. The van der Waals surface area contributed by atoms with Crippen molar-refractivity contribution in [1.82, 2.24) is 4.98 Å². The third-order valence-corrected chi connectivity index (χ3v) is 3.99. The molecular formula is C11H17NO3S2. The lowest BCUT2D eigenvalue weighted by Gasteiger charge is -2.01. The molecule has 0 spiro atoms. The highest BCUT2D eigenvalue weighted by Crippen LogP contribution is 2.22. The Balaban J connectivity index is 2.14. The van der Waals surface area contributed by atoms with Gasteiger partial charge in [-0.25, -0.2) is 4.98 Å². The number of hydrogen-bond donors (Lipinski definition) is 1. The molecule has 0 saturated carbocycles. The number of carbonyl (C=O) groups is 1. The van der Waals surface area contributed by atoms with Crippen molar-refractivity contribution in [3.05, 3.63) is 11.1 Å². The summed E-state index contributed by atoms with van der Waals surface area (Å²) in [7, 11) is 0. The van der Waals surface area contributed by atoms with E-state index >= 15 is 0 Å². The molecule has 1 aromatic rings. The first-order chi connectivity index (χ1) is 8.22. The van der Waals surface area contributed by atoms with Gasteiger partial charge in [-0.2, -0.15) is 0 Å². The highest BCUT2D eigenvalue weighted by Gasteiger charge is 2.06. The molecule has 0 aliphatic rings. The minimum atomic E-state index is -0.838. The molecule has 1 aromatic heterocycles.